The number of ether oxygens (including phenoxy) is 2. The van der Waals surface area contributed by atoms with Gasteiger partial charge in [0.25, 0.3) is 15.6 Å². The van der Waals surface area contributed by atoms with Crippen LogP contribution in [-0.2, 0) is 41.8 Å². The Bertz CT molecular complexity index is 1170. The first kappa shape index (κ1) is 62.0. The maximum atomic E-state index is 12.8. The summed E-state index contributed by atoms with van der Waals surface area (Å²) in [5.41, 5.74) is 0. The van der Waals surface area contributed by atoms with E-state index in [-0.39, 0.29) is 25.1 Å². The van der Waals surface area contributed by atoms with E-state index in [1.54, 1.807) is 0 Å². The van der Waals surface area contributed by atoms with Crippen LogP contribution >= 0.6 is 15.6 Å². The van der Waals surface area contributed by atoms with Gasteiger partial charge in [0.2, 0.25) is 0 Å². The molecule has 13 N–H and O–H groups in total. The van der Waals surface area contributed by atoms with Crippen LogP contribution in [0.3, 0.4) is 0 Å². The van der Waals surface area contributed by atoms with Gasteiger partial charge in [-0.15, -0.1) is 0 Å². The van der Waals surface area contributed by atoms with Crippen LogP contribution in [0.2, 0.25) is 0 Å². The Morgan fingerprint density at radius 1 is 0.508 bits per heavy atom. The highest BCUT2D eigenvalue weighted by Gasteiger charge is 2.52. The maximum absolute atomic E-state index is 12.8. The van der Waals surface area contributed by atoms with Gasteiger partial charge in [-0.05, 0) is 12.8 Å². The van der Waals surface area contributed by atoms with Crippen molar-refractivity contribution >= 4 is 27.6 Å². The number of aliphatic hydroxyl groups is 4. The van der Waals surface area contributed by atoms with Crippen LogP contribution < -0.4 is 22.1 Å². The summed E-state index contributed by atoms with van der Waals surface area (Å²) in [4.78, 5) is 58.1. The number of carbonyl (C=O) groups excluding carboxylic acids is 2. The molecule has 0 aromatic rings. The minimum Gasteiger partial charge on any atom is -0.756 e. The van der Waals surface area contributed by atoms with Gasteiger partial charge < -0.3 is 70.5 Å². The normalized spacial score (nSPS) is 22.6. The Morgan fingerprint density at radius 2 is 0.820 bits per heavy atom. The molecule has 0 heterocycles. The molecular weight excluding hydrogens is 838 g/mol. The minimum atomic E-state index is -5.56. The number of phosphoric acid groups is 2. The molecule has 0 aromatic heterocycles. The van der Waals surface area contributed by atoms with Crippen molar-refractivity contribution in [1.29, 1.82) is 0 Å². The first-order valence-electron chi connectivity index (χ1n) is 22.5. The third-order valence-corrected chi connectivity index (χ3v) is 12.1. The number of rotatable bonds is 38. The number of aliphatic hydroxyl groups excluding tert-OH is 4. The first-order valence-corrected chi connectivity index (χ1v) is 25.5. The summed E-state index contributed by atoms with van der Waals surface area (Å²) >= 11 is 0. The molecular formula is C41H86N2O16P2. The van der Waals surface area contributed by atoms with Gasteiger partial charge in [-0.3, -0.25) is 18.7 Å². The molecule has 0 aliphatic heterocycles. The minimum absolute atomic E-state index is 0. The predicted molar refractivity (Wildman–Crippen MR) is 231 cm³/mol. The quantitative estimate of drug-likeness (QED) is 0.0181. The highest BCUT2D eigenvalue weighted by atomic mass is 31.2. The van der Waals surface area contributed by atoms with Crippen LogP contribution in [-0.4, -0.2) is 93.2 Å². The van der Waals surface area contributed by atoms with E-state index in [9.17, 15) is 48.9 Å². The van der Waals surface area contributed by atoms with Crippen LogP contribution in [0.25, 0.3) is 0 Å². The standard InChI is InChI=1S/C41H80O16P2.2H3N/c1-3-5-7-9-11-13-15-17-19-21-23-25-27-29-34(42)53-31-33(55-35(43)30-28-26-24-22-20-18-16-14-12-10-8-6-4-2)32-54-59(51,52)57-41-38(46)36(44)40(37(45)39(41)47)56-58(48,49)50;;/h33,36-41,44-47H,3-32H2,1-2H3,(H,51,52)(H2,48,49,50);2*1H3/t33-,36-,37+,38-,39-,40?,41?;;/m1../s1. The average Bonchev–Trinajstić information content (AvgIpc) is 3.18. The SMILES string of the molecule is CCCCCCCCCCCCCCCC(=O)OC[C@H](COP(=O)([O-])OC1[C@H](O)[C@H](O)C(OP(=O)([O-])O)[C@H](O)[C@H]1O)OC(=O)CCCCCCCCCCCCCCC.[NH4+].[NH4+]. The fourth-order valence-corrected chi connectivity index (χ4v) is 8.65. The Morgan fingerprint density at radius 3 is 1.16 bits per heavy atom. The molecule has 1 aliphatic carbocycles. The van der Waals surface area contributed by atoms with Crippen molar-refractivity contribution in [1.82, 2.24) is 12.3 Å². The molecule has 1 aliphatic rings. The van der Waals surface area contributed by atoms with Crippen molar-refractivity contribution in [2.75, 3.05) is 13.2 Å². The zero-order valence-corrected chi connectivity index (χ0v) is 39.7. The molecule has 1 rings (SSSR count). The van der Waals surface area contributed by atoms with E-state index in [2.05, 4.69) is 18.4 Å². The van der Waals surface area contributed by atoms with Crippen LogP contribution in [0.15, 0.2) is 0 Å². The molecule has 4 unspecified atom stereocenters. The van der Waals surface area contributed by atoms with Crippen molar-refractivity contribution < 1.29 is 76.9 Å². The van der Waals surface area contributed by atoms with E-state index in [4.69, 9.17) is 23.4 Å². The van der Waals surface area contributed by atoms with Crippen molar-refractivity contribution in [3.63, 3.8) is 0 Å². The molecule has 9 atom stereocenters. The van der Waals surface area contributed by atoms with E-state index in [1.807, 2.05) is 0 Å². The molecule has 0 amide bonds. The van der Waals surface area contributed by atoms with Crippen molar-refractivity contribution in [2.45, 2.75) is 236 Å². The molecule has 1 fully saturated rings. The van der Waals surface area contributed by atoms with Crippen molar-refractivity contribution in [2.24, 2.45) is 0 Å². The monoisotopic (exact) mass is 925 g/mol. The van der Waals surface area contributed by atoms with Gasteiger partial charge in [-0.1, -0.05) is 168 Å². The maximum Gasteiger partial charge on any atom is 0.306 e. The fraction of sp³-hybridized carbons (Fsp3) is 0.951. The molecule has 0 radical (unpaired) electrons. The highest BCUT2D eigenvalue weighted by molar-refractivity contribution is 7.45. The number of unbranched alkanes of at least 4 members (excludes halogenated alkanes) is 24. The molecule has 0 aromatic carbocycles. The third kappa shape index (κ3) is 31.4. The van der Waals surface area contributed by atoms with Gasteiger partial charge in [-0.25, -0.2) is 0 Å². The second-order valence-corrected chi connectivity index (χ2v) is 18.6. The fourth-order valence-electron chi connectivity index (χ4n) is 7.13. The van der Waals surface area contributed by atoms with Gasteiger partial charge >= 0.3 is 11.9 Å². The lowest BCUT2D eigenvalue weighted by Crippen LogP contribution is -2.64. The molecule has 61 heavy (non-hydrogen) atoms. The second kappa shape index (κ2) is 37.2. The first-order chi connectivity index (χ1) is 28.1. The van der Waals surface area contributed by atoms with Gasteiger partial charge in [0.05, 0.1) is 6.61 Å². The predicted octanol–water partition coefficient (Wildman–Crippen LogP) is 7.33. The zero-order chi connectivity index (χ0) is 43.9. The van der Waals surface area contributed by atoms with Gasteiger partial charge in [0.15, 0.2) is 6.10 Å². The van der Waals surface area contributed by atoms with E-state index in [0.29, 0.717) is 12.8 Å². The summed E-state index contributed by atoms with van der Waals surface area (Å²) in [6.07, 6.45) is 14.4. The van der Waals surface area contributed by atoms with E-state index in [0.717, 1.165) is 51.4 Å². The number of hydrogen-bond donors (Lipinski definition) is 7. The number of quaternary nitrogens is 2. The molecule has 18 nitrogen and oxygen atoms in total. The summed E-state index contributed by atoms with van der Waals surface area (Å²) in [7, 11) is -11.1. The van der Waals surface area contributed by atoms with Crippen LogP contribution in [0.4, 0.5) is 0 Å². The number of hydrogen-bond acceptors (Lipinski definition) is 15. The second-order valence-electron chi connectivity index (χ2n) is 16.1. The van der Waals surface area contributed by atoms with Crippen molar-refractivity contribution in [3.8, 4) is 0 Å². The molecule has 20 heteroatoms. The summed E-state index contributed by atoms with van der Waals surface area (Å²) in [5, 5.41) is 41.2. The van der Waals surface area contributed by atoms with Gasteiger partial charge in [0, 0.05) is 12.8 Å². The van der Waals surface area contributed by atoms with E-state index in [1.165, 1.54) is 103 Å². The molecule has 1 saturated carbocycles. The third-order valence-electron chi connectivity index (χ3n) is 10.7. The molecule has 0 spiro atoms. The molecule has 0 bridgehead atoms. The molecule has 366 valence electrons. The van der Waals surface area contributed by atoms with Crippen LogP contribution in [0.1, 0.15) is 194 Å². The largest absolute Gasteiger partial charge is 0.756 e. The topological polar surface area (TPSA) is 335 Å². The number of esters is 2. The highest BCUT2D eigenvalue weighted by Crippen LogP contribution is 2.45. The summed E-state index contributed by atoms with van der Waals surface area (Å²) in [6.45, 7) is 3.02. The summed E-state index contributed by atoms with van der Waals surface area (Å²) < 4.78 is 48.4. The Labute approximate surface area is 365 Å². The molecule has 0 saturated heterocycles. The lowest BCUT2D eigenvalue weighted by atomic mass is 9.85. The lowest BCUT2D eigenvalue weighted by molar-refractivity contribution is -0.271. The Hall–Kier alpha value is -1.08. The van der Waals surface area contributed by atoms with Gasteiger partial charge in [0.1, 0.15) is 43.2 Å². The van der Waals surface area contributed by atoms with Crippen LogP contribution in [0, 0.1) is 0 Å². The zero-order valence-electron chi connectivity index (χ0n) is 37.9. The summed E-state index contributed by atoms with van der Waals surface area (Å²) in [6, 6.07) is 0. The Kier molecular flexibility index (Phi) is 37.8. The average molecular weight is 925 g/mol. The Balaban J connectivity index is 0. The van der Waals surface area contributed by atoms with E-state index >= 15 is 0 Å². The smallest absolute Gasteiger partial charge is 0.306 e. The number of phosphoric ester groups is 2. The van der Waals surface area contributed by atoms with Gasteiger partial charge in [-0.2, -0.15) is 0 Å². The lowest BCUT2D eigenvalue weighted by Gasteiger charge is -2.45. The van der Waals surface area contributed by atoms with E-state index < -0.39 is 83.5 Å². The summed E-state index contributed by atoms with van der Waals surface area (Å²) in [5.74, 6) is -1.23. The van der Waals surface area contributed by atoms with Crippen LogP contribution in [0.5, 0.6) is 0 Å². The van der Waals surface area contributed by atoms with Crippen molar-refractivity contribution in [3.05, 3.63) is 0 Å². The number of carbonyl (C=O) groups is 2.